The molecule has 136 valence electrons. The molecule has 1 rings (SSSR count). The Kier molecular flexibility index (Phi) is 7.11. The Morgan fingerprint density at radius 1 is 1.32 bits per heavy atom. The fourth-order valence-electron chi connectivity index (χ4n) is 2.02. The topological polar surface area (TPSA) is 96.3 Å². The fraction of sp³-hybridized carbons (Fsp3) is 0.412. The Morgan fingerprint density at radius 2 is 1.88 bits per heavy atom. The number of sulfonamides is 1. The fourth-order valence-corrected chi connectivity index (χ4v) is 6.30. The molecular formula is C17H24N2O4SSi. The number of rotatable bonds is 8. The highest BCUT2D eigenvalue weighted by atomic mass is 32.2. The third-order valence-corrected chi connectivity index (χ3v) is 7.04. The number of benzene rings is 1. The quantitative estimate of drug-likeness (QED) is 0.425. The van der Waals surface area contributed by atoms with Gasteiger partial charge in [-0.05, 0) is 23.7 Å². The number of nitrogens with one attached hydrogen (secondary N) is 1. The van der Waals surface area contributed by atoms with Gasteiger partial charge in [0.05, 0.1) is 36.1 Å². The van der Waals surface area contributed by atoms with Crippen molar-refractivity contribution in [2.75, 3.05) is 12.9 Å². The summed E-state index contributed by atoms with van der Waals surface area (Å²) in [5.41, 5.74) is 0.947. The van der Waals surface area contributed by atoms with E-state index in [0.717, 1.165) is 0 Å². The first kappa shape index (κ1) is 21.1. The molecule has 0 heterocycles. The zero-order valence-corrected chi connectivity index (χ0v) is 16.8. The first-order valence-corrected chi connectivity index (χ1v) is 13.1. The van der Waals surface area contributed by atoms with E-state index < -0.39 is 30.1 Å². The molecule has 1 aromatic carbocycles. The smallest absolute Gasteiger partial charge is 0.335 e. The summed E-state index contributed by atoms with van der Waals surface area (Å²) in [6, 6.07) is 7.97. The van der Waals surface area contributed by atoms with E-state index in [1.807, 2.05) is 6.07 Å². The van der Waals surface area contributed by atoms with E-state index in [4.69, 9.17) is 5.26 Å². The van der Waals surface area contributed by atoms with Crippen molar-refractivity contribution in [1.82, 2.24) is 4.72 Å². The van der Waals surface area contributed by atoms with Gasteiger partial charge in [0.2, 0.25) is 10.0 Å². The molecule has 0 amide bonds. The van der Waals surface area contributed by atoms with Crippen LogP contribution in [0.25, 0.3) is 0 Å². The number of hydrogen-bond acceptors (Lipinski definition) is 5. The van der Waals surface area contributed by atoms with Crippen molar-refractivity contribution in [3.05, 3.63) is 47.5 Å². The molecule has 0 radical (unpaired) electrons. The van der Waals surface area contributed by atoms with Gasteiger partial charge in [-0.15, -0.1) is 0 Å². The Bertz CT molecular complexity index is 774. The van der Waals surface area contributed by atoms with E-state index in [9.17, 15) is 13.2 Å². The van der Waals surface area contributed by atoms with Crippen molar-refractivity contribution in [2.24, 2.45) is 0 Å². The summed E-state index contributed by atoms with van der Waals surface area (Å²) < 4.78 is 32.1. The van der Waals surface area contributed by atoms with Gasteiger partial charge in [-0.25, -0.2) is 17.9 Å². The van der Waals surface area contributed by atoms with Gasteiger partial charge in [-0.3, -0.25) is 0 Å². The van der Waals surface area contributed by atoms with E-state index in [1.54, 1.807) is 24.3 Å². The number of ether oxygens (including phenoxy) is 1. The third kappa shape index (κ3) is 6.82. The minimum atomic E-state index is -3.61. The first-order chi connectivity index (χ1) is 11.5. The van der Waals surface area contributed by atoms with Crippen LogP contribution in [-0.2, 0) is 19.6 Å². The van der Waals surface area contributed by atoms with Gasteiger partial charge in [0.25, 0.3) is 0 Å². The van der Waals surface area contributed by atoms with Gasteiger partial charge in [-0.2, -0.15) is 5.26 Å². The maximum Gasteiger partial charge on any atom is 0.335 e. The number of carbonyl (C=O) groups excluding carboxylic acids is 1. The molecule has 1 unspecified atom stereocenters. The van der Waals surface area contributed by atoms with E-state index in [-0.39, 0.29) is 11.3 Å². The van der Waals surface area contributed by atoms with Crippen molar-refractivity contribution in [2.45, 2.75) is 31.7 Å². The predicted molar refractivity (Wildman–Crippen MR) is 100 cm³/mol. The molecular weight excluding hydrogens is 356 g/mol. The zero-order chi connectivity index (χ0) is 19.3. The number of methoxy groups -OCH3 is 1. The molecule has 8 heteroatoms. The van der Waals surface area contributed by atoms with E-state index in [0.29, 0.717) is 17.2 Å². The third-order valence-electron chi connectivity index (χ3n) is 3.59. The maximum absolute atomic E-state index is 12.5. The second kappa shape index (κ2) is 8.42. The minimum absolute atomic E-state index is 0.00997. The standard InChI is InChI=1S/C17H24N2O4SSi/c1-13(17(20)23-2)16(15-8-6-14(12-18)7-9-15)19-24(21,22)10-11-25(3,4)5/h6-9,16,19H,1,10-11H2,2-5H3. The Labute approximate surface area is 150 Å². The molecule has 0 aliphatic carbocycles. The molecule has 25 heavy (non-hydrogen) atoms. The average molecular weight is 381 g/mol. The minimum Gasteiger partial charge on any atom is -0.466 e. The van der Waals surface area contributed by atoms with Crippen LogP contribution in [0.4, 0.5) is 0 Å². The van der Waals surface area contributed by atoms with Crippen LogP contribution in [-0.4, -0.2) is 35.3 Å². The summed E-state index contributed by atoms with van der Waals surface area (Å²) in [5, 5.41) is 8.89. The van der Waals surface area contributed by atoms with Crippen LogP contribution in [0.2, 0.25) is 25.7 Å². The van der Waals surface area contributed by atoms with Gasteiger partial charge in [-0.1, -0.05) is 38.4 Å². The van der Waals surface area contributed by atoms with Crippen molar-refractivity contribution in [3.8, 4) is 6.07 Å². The molecule has 0 bridgehead atoms. The highest BCUT2D eigenvalue weighted by Gasteiger charge is 2.27. The lowest BCUT2D eigenvalue weighted by molar-refractivity contribution is -0.136. The van der Waals surface area contributed by atoms with Crippen molar-refractivity contribution < 1.29 is 17.9 Å². The summed E-state index contributed by atoms with van der Waals surface area (Å²) in [6.07, 6.45) is 0. The van der Waals surface area contributed by atoms with Crippen molar-refractivity contribution >= 4 is 24.1 Å². The SMILES string of the molecule is C=C(C(=O)OC)C(NS(=O)(=O)CC[Si](C)(C)C)c1ccc(C#N)cc1. The monoisotopic (exact) mass is 380 g/mol. The van der Waals surface area contributed by atoms with Gasteiger partial charge in [0.15, 0.2) is 0 Å². The normalized spacial score (nSPS) is 12.9. The van der Waals surface area contributed by atoms with Crippen LogP contribution in [0.3, 0.4) is 0 Å². The van der Waals surface area contributed by atoms with Gasteiger partial charge in [0, 0.05) is 8.07 Å². The molecule has 1 N–H and O–H groups in total. The number of nitriles is 1. The molecule has 0 saturated carbocycles. The molecule has 1 atom stereocenters. The van der Waals surface area contributed by atoms with Crippen LogP contribution in [0.15, 0.2) is 36.4 Å². The maximum atomic E-state index is 12.5. The van der Waals surface area contributed by atoms with Crippen LogP contribution < -0.4 is 4.72 Å². The molecule has 6 nitrogen and oxygen atoms in total. The summed E-state index contributed by atoms with van der Waals surface area (Å²) in [5.74, 6) is -0.702. The van der Waals surface area contributed by atoms with E-state index >= 15 is 0 Å². The van der Waals surface area contributed by atoms with Crippen LogP contribution in [0.1, 0.15) is 17.2 Å². The number of hydrogen-bond donors (Lipinski definition) is 1. The molecule has 0 saturated heterocycles. The second-order valence-corrected chi connectivity index (χ2v) is 14.4. The molecule has 0 fully saturated rings. The van der Waals surface area contributed by atoms with Crippen molar-refractivity contribution in [1.29, 1.82) is 5.26 Å². The van der Waals surface area contributed by atoms with E-state index in [2.05, 4.69) is 35.7 Å². The molecule has 0 spiro atoms. The second-order valence-electron chi connectivity index (χ2n) is 6.93. The van der Waals surface area contributed by atoms with Gasteiger partial charge >= 0.3 is 5.97 Å². The number of carbonyl (C=O) groups is 1. The Morgan fingerprint density at radius 3 is 2.32 bits per heavy atom. The molecule has 1 aromatic rings. The van der Waals surface area contributed by atoms with Crippen LogP contribution in [0, 0.1) is 11.3 Å². The van der Waals surface area contributed by atoms with Crippen molar-refractivity contribution in [3.63, 3.8) is 0 Å². The van der Waals surface area contributed by atoms with Crippen LogP contribution >= 0.6 is 0 Å². The largest absolute Gasteiger partial charge is 0.466 e. The van der Waals surface area contributed by atoms with Gasteiger partial charge < -0.3 is 4.74 Å². The lowest BCUT2D eigenvalue weighted by atomic mass is 10.00. The Balaban J connectivity index is 3.12. The zero-order valence-electron chi connectivity index (χ0n) is 15.0. The Hall–Kier alpha value is -1.95. The summed E-state index contributed by atoms with van der Waals surface area (Å²) in [4.78, 5) is 11.9. The highest BCUT2D eigenvalue weighted by Crippen LogP contribution is 2.23. The molecule has 0 aliphatic rings. The summed E-state index contributed by atoms with van der Waals surface area (Å²) >= 11 is 0. The highest BCUT2D eigenvalue weighted by molar-refractivity contribution is 7.89. The lowest BCUT2D eigenvalue weighted by Crippen LogP contribution is -2.35. The average Bonchev–Trinajstić information content (AvgIpc) is 2.56. The first-order valence-electron chi connectivity index (χ1n) is 7.76. The lowest BCUT2D eigenvalue weighted by Gasteiger charge is -2.22. The summed E-state index contributed by atoms with van der Waals surface area (Å²) in [6.45, 7) is 9.95. The van der Waals surface area contributed by atoms with Crippen LogP contribution in [0.5, 0.6) is 0 Å². The number of nitrogens with zero attached hydrogens (tertiary/aromatic N) is 1. The predicted octanol–water partition coefficient (Wildman–Crippen LogP) is 2.59. The van der Waals surface area contributed by atoms with Gasteiger partial charge in [0.1, 0.15) is 0 Å². The summed E-state index contributed by atoms with van der Waals surface area (Å²) in [7, 11) is -3.94. The molecule has 0 aromatic heterocycles. The van der Waals surface area contributed by atoms with E-state index in [1.165, 1.54) is 7.11 Å². The number of esters is 1. The molecule has 0 aliphatic heterocycles.